The molecular formula is C14H11BrFN5O5. The molecule has 1 aromatic carbocycles. The average molecular weight is 428 g/mol. The monoisotopic (exact) mass is 427 g/mol. The third kappa shape index (κ3) is 4.33. The summed E-state index contributed by atoms with van der Waals surface area (Å²) in [5.41, 5.74) is 0. The number of hydrogen-bond acceptors (Lipinski definition) is 8. The van der Waals surface area contributed by atoms with E-state index in [1.54, 1.807) is 0 Å². The lowest BCUT2D eigenvalue weighted by molar-refractivity contribution is -0.137. The van der Waals surface area contributed by atoms with E-state index in [4.69, 9.17) is 19.1 Å². The van der Waals surface area contributed by atoms with Crippen LogP contribution in [0.5, 0.6) is 11.6 Å². The van der Waals surface area contributed by atoms with Gasteiger partial charge < -0.3 is 19.1 Å². The third-order valence-electron chi connectivity index (χ3n) is 3.01. The van der Waals surface area contributed by atoms with E-state index in [9.17, 15) is 9.18 Å². The predicted octanol–water partition coefficient (Wildman–Crippen LogP) is 1.77. The fourth-order valence-corrected chi connectivity index (χ4v) is 2.29. The Morgan fingerprint density at radius 1 is 1.31 bits per heavy atom. The fraction of sp³-hybridized carbons (Fsp3) is 0.214. The number of halogens is 2. The van der Waals surface area contributed by atoms with Gasteiger partial charge in [0.15, 0.2) is 0 Å². The Labute approximate surface area is 153 Å². The second-order valence-electron chi connectivity index (χ2n) is 4.85. The zero-order valence-corrected chi connectivity index (χ0v) is 14.6. The first-order valence-corrected chi connectivity index (χ1v) is 7.98. The second-order valence-corrected chi connectivity index (χ2v) is 5.71. The number of nitrogens with zero attached hydrogens (tertiary/aromatic N) is 5. The Hall–Kier alpha value is -3.02. The van der Waals surface area contributed by atoms with Crippen molar-refractivity contribution in [3.05, 3.63) is 34.6 Å². The van der Waals surface area contributed by atoms with E-state index >= 15 is 0 Å². The normalized spacial score (nSPS) is 10.7. The SMILES string of the molecule is O=C(O)Cn1nnnc1-c1cc(OCCOc2cc(F)ccc2Br)no1. The second kappa shape index (κ2) is 7.91. The molecule has 0 saturated heterocycles. The molecule has 0 atom stereocenters. The summed E-state index contributed by atoms with van der Waals surface area (Å²) in [6, 6.07) is 5.52. The lowest BCUT2D eigenvalue weighted by Crippen LogP contribution is -2.11. The maximum atomic E-state index is 13.2. The number of carboxylic acid groups (broad SMARTS) is 1. The highest BCUT2D eigenvalue weighted by molar-refractivity contribution is 9.10. The Morgan fingerprint density at radius 2 is 2.12 bits per heavy atom. The van der Waals surface area contributed by atoms with Crippen LogP contribution < -0.4 is 9.47 Å². The zero-order chi connectivity index (χ0) is 18.5. The van der Waals surface area contributed by atoms with Crippen LogP contribution >= 0.6 is 15.9 Å². The van der Waals surface area contributed by atoms with Gasteiger partial charge in [0.1, 0.15) is 31.3 Å². The molecule has 0 saturated carbocycles. The number of ether oxygens (including phenoxy) is 2. The minimum Gasteiger partial charge on any atom is -0.489 e. The minimum atomic E-state index is -1.10. The van der Waals surface area contributed by atoms with E-state index in [1.807, 2.05) is 0 Å². The molecule has 10 nitrogen and oxygen atoms in total. The summed E-state index contributed by atoms with van der Waals surface area (Å²) in [6.07, 6.45) is 0. The lowest BCUT2D eigenvalue weighted by Gasteiger charge is -2.08. The largest absolute Gasteiger partial charge is 0.489 e. The van der Waals surface area contributed by atoms with E-state index in [0.29, 0.717) is 10.2 Å². The number of hydrogen-bond donors (Lipinski definition) is 1. The van der Waals surface area contributed by atoms with E-state index in [0.717, 1.165) is 4.68 Å². The molecule has 0 amide bonds. The smallest absolute Gasteiger partial charge is 0.325 e. The Bertz CT molecular complexity index is 915. The molecule has 3 rings (SSSR count). The number of carboxylic acids is 1. The van der Waals surface area contributed by atoms with Crippen molar-refractivity contribution >= 4 is 21.9 Å². The number of aliphatic carboxylic acids is 1. The van der Waals surface area contributed by atoms with Gasteiger partial charge >= 0.3 is 5.97 Å². The molecule has 3 aromatic rings. The van der Waals surface area contributed by atoms with Crippen LogP contribution in [-0.4, -0.2) is 49.7 Å². The van der Waals surface area contributed by atoms with Gasteiger partial charge in [-0.15, -0.1) is 5.10 Å². The third-order valence-corrected chi connectivity index (χ3v) is 3.67. The summed E-state index contributed by atoms with van der Waals surface area (Å²) in [5, 5.41) is 23.1. The van der Waals surface area contributed by atoms with Crippen LogP contribution in [0.4, 0.5) is 4.39 Å². The molecule has 2 heterocycles. The number of rotatable bonds is 8. The van der Waals surface area contributed by atoms with Crippen molar-refractivity contribution in [2.45, 2.75) is 6.54 Å². The predicted molar refractivity (Wildman–Crippen MR) is 86.0 cm³/mol. The van der Waals surface area contributed by atoms with Gasteiger partial charge in [0.2, 0.25) is 11.6 Å². The van der Waals surface area contributed by atoms with E-state index in [-0.39, 0.29) is 30.7 Å². The highest BCUT2D eigenvalue weighted by atomic mass is 79.9. The fourth-order valence-electron chi connectivity index (χ4n) is 1.93. The van der Waals surface area contributed by atoms with Crippen molar-refractivity contribution in [1.29, 1.82) is 0 Å². The van der Waals surface area contributed by atoms with Crippen LogP contribution in [0.1, 0.15) is 0 Å². The van der Waals surface area contributed by atoms with E-state index < -0.39 is 18.3 Å². The van der Waals surface area contributed by atoms with Crippen LogP contribution in [0.15, 0.2) is 33.3 Å². The Kier molecular flexibility index (Phi) is 5.41. The molecule has 0 radical (unpaired) electrons. The summed E-state index contributed by atoms with van der Waals surface area (Å²) in [4.78, 5) is 10.8. The van der Waals surface area contributed by atoms with Crippen molar-refractivity contribution < 1.29 is 28.3 Å². The molecule has 0 aliphatic heterocycles. The maximum absolute atomic E-state index is 13.2. The van der Waals surface area contributed by atoms with E-state index in [2.05, 4.69) is 36.6 Å². The van der Waals surface area contributed by atoms with Crippen LogP contribution in [-0.2, 0) is 11.3 Å². The molecule has 0 bridgehead atoms. The van der Waals surface area contributed by atoms with Crippen LogP contribution in [0, 0.1) is 5.82 Å². The quantitative estimate of drug-likeness (QED) is 0.535. The van der Waals surface area contributed by atoms with Gasteiger partial charge in [-0.3, -0.25) is 4.79 Å². The first kappa shape index (κ1) is 17.8. The number of aromatic nitrogens is 5. The van der Waals surface area contributed by atoms with Gasteiger partial charge in [0.25, 0.3) is 5.88 Å². The molecule has 2 aromatic heterocycles. The summed E-state index contributed by atoms with van der Waals surface area (Å²) in [7, 11) is 0. The summed E-state index contributed by atoms with van der Waals surface area (Å²) in [6.45, 7) is -0.161. The Balaban J connectivity index is 1.55. The molecule has 136 valence electrons. The van der Waals surface area contributed by atoms with Gasteiger partial charge in [-0.25, -0.2) is 9.07 Å². The molecule has 1 N–H and O–H groups in total. The van der Waals surface area contributed by atoms with Crippen molar-refractivity contribution in [2.75, 3.05) is 13.2 Å². The van der Waals surface area contributed by atoms with Gasteiger partial charge in [0.05, 0.1) is 10.5 Å². The molecular weight excluding hydrogens is 417 g/mol. The zero-order valence-electron chi connectivity index (χ0n) is 13.0. The first-order chi connectivity index (χ1) is 12.5. The van der Waals surface area contributed by atoms with Gasteiger partial charge in [-0.1, -0.05) is 0 Å². The summed E-state index contributed by atoms with van der Waals surface area (Å²) >= 11 is 3.25. The number of benzene rings is 1. The molecule has 0 aliphatic rings. The Morgan fingerprint density at radius 3 is 2.92 bits per heavy atom. The number of carbonyl (C=O) groups is 1. The average Bonchev–Trinajstić information content (AvgIpc) is 3.23. The van der Waals surface area contributed by atoms with Gasteiger partial charge in [0, 0.05) is 6.07 Å². The molecule has 0 fully saturated rings. The molecule has 0 spiro atoms. The standard InChI is InChI=1S/C14H11BrFN5O5/c15-9-2-1-8(16)5-10(9)24-3-4-25-12-6-11(26-18-12)14-17-19-20-21(14)7-13(22)23/h1-2,5-6H,3-4,7H2,(H,22,23). The van der Waals surface area contributed by atoms with Gasteiger partial charge in [-0.05, 0) is 43.6 Å². The van der Waals surface area contributed by atoms with Crippen LogP contribution in [0.2, 0.25) is 0 Å². The highest BCUT2D eigenvalue weighted by Crippen LogP contribution is 2.25. The van der Waals surface area contributed by atoms with Gasteiger partial charge in [-0.2, -0.15) is 0 Å². The topological polar surface area (TPSA) is 125 Å². The summed E-state index contributed by atoms with van der Waals surface area (Å²) < 4.78 is 30.7. The number of tetrazole rings is 1. The van der Waals surface area contributed by atoms with Crippen LogP contribution in [0.3, 0.4) is 0 Å². The molecule has 26 heavy (non-hydrogen) atoms. The molecule has 0 aliphatic carbocycles. The lowest BCUT2D eigenvalue weighted by atomic mass is 10.3. The van der Waals surface area contributed by atoms with Crippen molar-refractivity contribution in [3.63, 3.8) is 0 Å². The molecule has 12 heteroatoms. The highest BCUT2D eigenvalue weighted by Gasteiger charge is 2.17. The first-order valence-electron chi connectivity index (χ1n) is 7.18. The minimum absolute atomic E-state index is 0.106. The van der Waals surface area contributed by atoms with E-state index in [1.165, 1.54) is 24.3 Å². The van der Waals surface area contributed by atoms with Crippen molar-refractivity contribution in [1.82, 2.24) is 25.4 Å². The maximum Gasteiger partial charge on any atom is 0.325 e. The van der Waals surface area contributed by atoms with Crippen molar-refractivity contribution in [2.24, 2.45) is 0 Å². The summed E-state index contributed by atoms with van der Waals surface area (Å²) in [5.74, 6) is -0.761. The van der Waals surface area contributed by atoms with Crippen LogP contribution in [0.25, 0.3) is 11.6 Å². The molecule has 0 unspecified atom stereocenters. The van der Waals surface area contributed by atoms with Crippen molar-refractivity contribution in [3.8, 4) is 23.2 Å².